The summed E-state index contributed by atoms with van der Waals surface area (Å²) >= 11 is 0. The summed E-state index contributed by atoms with van der Waals surface area (Å²) in [5, 5.41) is 8.44. The zero-order chi connectivity index (χ0) is 11.4. The van der Waals surface area contributed by atoms with Crippen LogP contribution in [0.4, 0.5) is 13.2 Å². The third-order valence-corrected chi connectivity index (χ3v) is 1.87. The van der Waals surface area contributed by atoms with Crippen LogP contribution in [0.1, 0.15) is 17.6 Å². The molecular formula is C10H8F3NO. The molecule has 15 heavy (non-hydrogen) atoms. The minimum Gasteiger partial charge on any atom is -0.493 e. The Labute approximate surface area is 84.9 Å². The molecule has 5 heteroatoms. The van der Waals surface area contributed by atoms with Gasteiger partial charge >= 0.3 is 0 Å². The van der Waals surface area contributed by atoms with Crippen molar-refractivity contribution in [3.05, 3.63) is 29.1 Å². The Kier molecular flexibility index (Phi) is 3.56. The highest BCUT2D eigenvalue weighted by Crippen LogP contribution is 2.29. The van der Waals surface area contributed by atoms with E-state index in [1.807, 2.05) is 0 Å². The molecule has 0 aliphatic rings. The van der Waals surface area contributed by atoms with Crippen LogP contribution in [-0.4, -0.2) is 7.11 Å². The van der Waals surface area contributed by atoms with Crippen molar-refractivity contribution in [2.24, 2.45) is 0 Å². The number of hydrogen-bond donors (Lipinski definition) is 0. The Balaban J connectivity index is 3.26. The van der Waals surface area contributed by atoms with Crippen LogP contribution in [0.2, 0.25) is 0 Å². The van der Waals surface area contributed by atoms with Gasteiger partial charge in [0.05, 0.1) is 19.6 Å². The minimum absolute atomic E-state index is 0.135. The average Bonchev–Trinajstić information content (AvgIpc) is 2.17. The summed E-state index contributed by atoms with van der Waals surface area (Å²) in [5.74, 6) is -1.03. The zero-order valence-electron chi connectivity index (χ0n) is 7.93. The van der Waals surface area contributed by atoms with Crippen molar-refractivity contribution in [2.75, 3.05) is 7.11 Å². The van der Waals surface area contributed by atoms with Crippen molar-refractivity contribution < 1.29 is 17.9 Å². The molecule has 0 amide bonds. The first-order valence-corrected chi connectivity index (χ1v) is 4.11. The van der Waals surface area contributed by atoms with E-state index in [9.17, 15) is 13.2 Å². The average molecular weight is 215 g/mol. The lowest BCUT2D eigenvalue weighted by molar-refractivity contribution is 0.150. The smallest absolute Gasteiger partial charge is 0.263 e. The Bertz CT molecular complexity index is 398. The van der Waals surface area contributed by atoms with Gasteiger partial charge in [0.1, 0.15) is 0 Å². The van der Waals surface area contributed by atoms with E-state index in [4.69, 9.17) is 10.00 Å². The highest BCUT2D eigenvalue weighted by molar-refractivity contribution is 5.40. The van der Waals surface area contributed by atoms with Gasteiger partial charge in [-0.2, -0.15) is 5.26 Å². The summed E-state index contributed by atoms with van der Waals surface area (Å²) in [4.78, 5) is 0. The van der Waals surface area contributed by atoms with Crippen LogP contribution in [-0.2, 0) is 6.42 Å². The van der Waals surface area contributed by atoms with Gasteiger partial charge in [-0.3, -0.25) is 0 Å². The minimum atomic E-state index is -2.76. The molecule has 0 atom stereocenters. The molecule has 2 nitrogen and oxygen atoms in total. The summed E-state index contributed by atoms with van der Waals surface area (Å²) in [7, 11) is 1.22. The first-order valence-electron chi connectivity index (χ1n) is 4.11. The molecule has 1 rings (SSSR count). The maximum Gasteiger partial charge on any atom is 0.263 e. The van der Waals surface area contributed by atoms with Gasteiger partial charge in [0.2, 0.25) is 0 Å². The Morgan fingerprint density at radius 1 is 1.47 bits per heavy atom. The molecule has 0 aromatic heterocycles. The van der Waals surface area contributed by atoms with Gasteiger partial charge in [0.25, 0.3) is 6.43 Å². The molecule has 0 saturated carbocycles. The molecule has 1 aromatic carbocycles. The first kappa shape index (κ1) is 11.4. The Hall–Kier alpha value is -1.70. The van der Waals surface area contributed by atoms with Gasteiger partial charge in [-0.15, -0.1) is 0 Å². The molecule has 0 unspecified atom stereocenters. The van der Waals surface area contributed by atoms with Crippen LogP contribution in [0.3, 0.4) is 0 Å². The highest BCUT2D eigenvalue weighted by atomic mass is 19.3. The third kappa shape index (κ3) is 2.40. The maximum atomic E-state index is 13.2. The monoisotopic (exact) mass is 215 g/mol. The molecule has 0 heterocycles. The van der Waals surface area contributed by atoms with E-state index in [1.165, 1.54) is 7.11 Å². The topological polar surface area (TPSA) is 33.0 Å². The van der Waals surface area contributed by atoms with E-state index in [-0.39, 0.29) is 17.7 Å². The van der Waals surface area contributed by atoms with Crippen LogP contribution >= 0.6 is 0 Å². The third-order valence-electron chi connectivity index (χ3n) is 1.87. The summed E-state index contributed by atoms with van der Waals surface area (Å²) in [6.07, 6.45) is -2.93. The molecule has 80 valence electrons. The number of alkyl halides is 2. The number of halogens is 3. The number of ether oxygens (including phenoxy) is 1. The lowest BCUT2D eigenvalue weighted by Crippen LogP contribution is -1.98. The molecular weight excluding hydrogens is 207 g/mol. The van der Waals surface area contributed by atoms with Crippen molar-refractivity contribution in [3.8, 4) is 11.8 Å². The Morgan fingerprint density at radius 3 is 2.60 bits per heavy atom. The molecule has 0 saturated heterocycles. The lowest BCUT2D eigenvalue weighted by atomic mass is 10.1. The standard InChI is InChI=1S/C10H8F3NO/c1-15-9-6(2-3-14)4-7(10(12)13)5-8(9)11/h4-5,10H,2H2,1H3. The summed E-state index contributed by atoms with van der Waals surface area (Å²) in [6, 6.07) is 3.55. The summed E-state index contributed by atoms with van der Waals surface area (Å²) < 4.78 is 42.5. The van der Waals surface area contributed by atoms with Crippen molar-refractivity contribution in [3.63, 3.8) is 0 Å². The van der Waals surface area contributed by atoms with Crippen LogP contribution in [0.25, 0.3) is 0 Å². The predicted octanol–water partition coefficient (Wildman–Crippen LogP) is 2.84. The first-order chi connectivity index (χ1) is 7.10. The van der Waals surface area contributed by atoms with Crippen molar-refractivity contribution in [2.45, 2.75) is 12.8 Å². The van der Waals surface area contributed by atoms with E-state index < -0.39 is 17.8 Å². The molecule has 0 aliphatic carbocycles. The van der Waals surface area contributed by atoms with Gasteiger partial charge in [-0.05, 0) is 12.1 Å². The largest absolute Gasteiger partial charge is 0.493 e. The van der Waals surface area contributed by atoms with E-state index in [0.29, 0.717) is 6.07 Å². The number of nitriles is 1. The fraction of sp³-hybridized carbons (Fsp3) is 0.300. The van der Waals surface area contributed by atoms with Crippen LogP contribution in [0.15, 0.2) is 12.1 Å². The number of rotatable bonds is 3. The SMILES string of the molecule is COc1c(F)cc(C(F)F)cc1CC#N. The number of hydrogen-bond acceptors (Lipinski definition) is 2. The highest BCUT2D eigenvalue weighted by Gasteiger charge is 2.16. The van der Waals surface area contributed by atoms with Crippen LogP contribution in [0, 0.1) is 17.1 Å². The van der Waals surface area contributed by atoms with Crippen molar-refractivity contribution in [1.29, 1.82) is 5.26 Å². The van der Waals surface area contributed by atoms with E-state index in [1.54, 1.807) is 6.07 Å². The molecule has 1 aromatic rings. The van der Waals surface area contributed by atoms with Crippen molar-refractivity contribution in [1.82, 2.24) is 0 Å². The lowest BCUT2D eigenvalue weighted by Gasteiger charge is -2.09. The number of nitrogens with zero attached hydrogens (tertiary/aromatic N) is 1. The van der Waals surface area contributed by atoms with Crippen LogP contribution < -0.4 is 4.74 Å². The molecule has 0 fully saturated rings. The molecule has 0 bridgehead atoms. The van der Waals surface area contributed by atoms with Gasteiger partial charge in [0, 0.05) is 11.1 Å². The normalized spacial score (nSPS) is 10.1. The number of benzene rings is 1. The van der Waals surface area contributed by atoms with Crippen LogP contribution in [0.5, 0.6) is 5.75 Å². The molecule has 0 aliphatic heterocycles. The van der Waals surface area contributed by atoms with E-state index in [0.717, 1.165) is 6.07 Å². The molecule has 0 N–H and O–H groups in total. The fourth-order valence-electron chi connectivity index (χ4n) is 1.24. The predicted molar refractivity (Wildman–Crippen MR) is 47.2 cm³/mol. The summed E-state index contributed by atoms with van der Waals surface area (Å²) in [6.45, 7) is 0. The summed E-state index contributed by atoms with van der Waals surface area (Å²) in [5.41, 5.74) is -0.311. The quantitative estimate of drug-likeness (QED) is 0.776. The fourth-order valence-corrected chi connectivity index (χ4v) is 1.24. The Morgan fingerprint density at radius 2 is 2.13 bits per heavy atom. The van der Waals surface area contributed by atoms with Gasteiger partial charge in [0.15, 0.2) is 11.6 Å². The van der Waals surface area contributed by atoms with Gasteiger partial charge in [-0.1, -0.05) is 0 Å². The second kappa shape index (κ2) is 4.69. The second-order valence-electron chi connectivity index (χ2n) is 2.83. The van der Waals surface area contributed by atoms with Gasteiger partial charge in [-0.25, -0.2) is 13.2 Å². The van der Waals surface area contributed by atoms with E-state index in [2.05, 4.69) is 0 Å². The second-order valence-corrected chi connectivity index (χ2v) is 2.83. The molecule has 0 spiro atoms. The van der Waals surface area contributed by atoms with Gasteiger partial charge < -0.3 is 4.74 Å². The maximum absolute atomic E-state index is 13.2. The number of methoxy groups -OCH3 is 1. The van der Waals surface area contributed by atoms with Crippen molar-refractivity contribution >= 4 is 0 Å². The van der Waals surface area contributed by atoms with E-state index >= 15 is 0 Å². The zero-order valence-corrected chi connectivity index (χ0v) is 7.93. The molecule has 0 radical (unpaired) electrons.